The summed E-state index contributed by atoms with van der Waals surface area (Å²) in [5.41, 5.74) is 0.842. The van der Waals surface area contributed by atoms with Crippen molar-refractivity contribution >= 4 is 10.2 Å². The van der Waals surface area contributed by atoms with Crippen LogP contribution >= 0.6 is 0 Å². The molecule has 0 aromatic heterocycles. The summed E-state index contributed by atoms with van der Waals surface area (Å²) < 4.78 is 33.5. The molecule has 0 N–H and O–H groups in total. The topological polar surface area (TPSA) is 73.6 Å². The Morgan fingerprint density at radius 1 is 1.36 bits per heavy atom. The Morgan fingerprint density at radius 3 is 2.64 bits per heavy atom. The maximum absolute atomic E-state index is 12.7. The summed E-state index contributed by atoms with van der Waals surface area (Å²) in [4.78, 5) is 0. The van der Waals surface area contributed by atoms with E-state index in [-0.39, 0.29) is 25.6 Å². The zero-order valence-corrected chi connectivity index (χ0v) is 13.7. The van der Waals surface area contributed by atoms with Crippen LogP contribution in [0.4, 0.5) is 0 Å². The average molecular weight is 323 g/mol. The molecule has 0 radical (unpaired) electrons. The number of ether oxygens (including phenoxy) is 1. The van der Waals surface area contributed by atoms with E-state index in [1.807, 2.05) is 30.3 Å². The molecule has 1 aromatic carbocycles. The van der Waals surface area contributed by atoms with Gasteiger partial charge >= 0.3 is 0 Å². The molecule has 0 atom stereocenters. The highest BCUT2D eigenvalue weighted by molar-refractivity contribution is 7.86. The van der Waals surface area contributed by atoms with Gasteiger partial charge < -0.3 is 4.74 Å². The minimum absolute atomic E-state index is 0.0412. The molecular weight excluding hydrogens is 302 g/mol. The van der Waals surface area contributed by atoms with Crippen LogP contribution in [0.15, 0.2) is 24.3 Å². The van der Waals surface area contributed by atoms with E-state index in [1.165, 1.54) is 15.7 Å². The molecular formula is C15H21N3O3S. The van der Waals surface area contributed by atoms with Crippen LogP contribution in [0.1, 0.15) is 24.8 Å². The molecule has 0 unspecified atom stereocenters. The normalized spacial score (nSPS) is 15.0. The Morgan fingerprint density at radius 2 is 2.05 bits per heavy atom. The van der Waals surface area contributed by atoms with Gasteiger partial charge in [0, 0.05) is 38.2 Å². The van der Waals surface area contributed by atoms with Crippen LogP contribution < -0.4 is 4.74 Å². The number of rotatable bonds is 8. The summed E-state index contributed by atoms with van der Waals surface area (Å²) in [6.45, 7) is 0.488. The maximum atomic E-state index is 12.7. The molecule has 0 spiro atoms. The van der Waals surface area contributed by atoms with Gasteiger partial charge in [0.05, 0.1) is 13.2 Å². The van der Waals surface area contributed by atoms with Crippen molar-refractivity contribution in [1.82, 2.24) is 8.61 Å². The van der Waals surface area contributed by atoms with Gasteiger partial charge in [0.2, 0.25) is 0 Å². The minimum Gasteiger partial charge on any atom is -0.496 e. The number of para-hydroxylation sites is 1. The Labute approximate surface area is 132 Å². The number of hydrogen-bond acceptors (Lipinski definition) is 4. The quantitative estimate of drug-likeness (QED) is 0.730. The second-order valence-electron chi connectivity index (χ2n) is 5.33. The Kier molecular flexibility index (Phi) is 5.40. The van der Waals surface area contributed by atoms with Gasteiger partial charge in [0.25, 0.3) is 10.2 Å². The summed E-state index contributed by atoms with van der Waals surface area (Å²) >= 11 is 0. The van der Waals surface area contributed by atoms with E-state index >= 15 is 0 Å². The van der Waals surface area contributed by atoms with Crippen LogP contribution in [0, 0.1) is 11.3 Å². The second-order valence-corrected chi connectivity index (χ2v) is 7.31. The molecule has 1 aliphatic carbocycles. The fourth-order valence-corrected chi connectivity index (χ4v) is 3.83. The van der Waals surface area contributed by atoms with Crippen LogP contribution in [0.5, 0.6) is 5.75 Å². The second kappa shape index (κ2) is 7.09. The first-order valence-electron chi connectivity index (χ1n) is 7.22. The van der Waals surface area contributed by atoms with E-state index in [2.05, 4.69) is 0 Å². The predicted molar refractivity (Wildman–Crippen MR) is 83.3 cm³/mol. The Bertz CT molecular complexity index is 650. The van der Waals surface area contributed by atoms with E-state index in [4.69, 9.17) is 10.00 Å². The molecule has 0 bridgehead atoms. The fourth-order valence-electron chi connectivity index (χ4n) is 2.26. The van der Waals surface area contributed by atoms with Crippen LogP contribution in [0.25, 0.3) is 0 Å². The molecule has 0 aliphatic heterocycles. The Balaban J connectivity index is 2.22. The molecule has 1 saturated carbocycles. The van der Waals surface area contributed by atoms with E-state index < -0.39 is 10.2 Å². The zero-order valence-electron chi connectivity index (χ0n) is 12.9. The molecule has 0 heterocycles. The number of hydrogen-bond donors (Lipinski definition) is 0. The molecule has 120 valence electrons. The first-order chi connectivity index (χ1) is 10.5. The lowest BCUT2D eigenvalue weighted by Crippen LogP contribution is -2.43. The van der Waals surface area contributed by atoms with Crippen molar-refractivity contribution < 1.29 is 13.2 Å². The minimum atomic E-state index is -3.57. The van der Waals surface area contributed by atoms with Gasteiger partial charge in [-0.05, 0) is 18.9 Å². The predicted octanol–water partition coefficient (Wildman–Crippen LogP) is 1.75. The van der Waals surface area contributed by atoms with Crippen LogP contribution in [0.2, 0.25) is 0 Å². The molecule has 0 amide bonds. The SMILES string of the molecule is COc1ccccc1CN(C1CC1)S(=O)(=O)N(C)CCC#N. The summed E-state index contributed by atoms with van der Waals surface area (Å²) in [5, 5.41) is 8.64. The summed E-state index contributed by atoms with van der Waals surface area (Å²) in [6.07, 6.45) is 1.93. The molecule has 1 aliphatic rings. The fraction of sp³-hybridized carbons (Fsp3) is 0.533. The number of benzene rings is 1. The number of nitrogens with zero attached hydrogens (tertiary/aromatic N) is 3. The molecule has 6 nitrogen and oxygen atoms in total. The number of methoxy groups -OCH3 is 1. The summed E-state index contributed by atoms with van der Waals surface area (Å²) in [5.74, 6) is 0.683. The van der Waals surface area contributed by atoms with E-state index in [1.54, 1.807) is 7.11 Å². The highest BCUT2D eigenvalue weighted by Crippen LogP contribution is 2.33. The lowest BCUT2D eigenvalue weighted by molar-refractivity contribution is 0.341. The van der Waals surface area contributed by atoms with Crippen molar-refractivity contribution in [2.45, 2.75) is 31.8 Å². The lowest BCUT2D eigenvalue weighted by Gasteiger charge is -2.27. The van der Waals surface area contributed by atoms with Crippen LogP contribution in [-0.4, -0.2) is 43.8 Å². The van der Waals surface area contributed by atoms with Gasteiger partial charge in [-0.3, -0.25) is 0 Å². The molecule has 2 rings (SSSR count). The van der Waals surface area contributed by atoms with Crippen molar-refractivity contribution in [3.63, 3.8) is 0 Å². The van der Waals surface area contributed by atoms with Gasteiger partial charge in [0.1, 0.15) is 5.75 Å². The highest BCUT2D eigenvalue weighted by Gasteiger charge is 2.39. The molecule has 1 fully saturated rings. The number of nitriles is 1. The summed E-state index contributed by atoms with van der Waals surface area (Å²) in [7, 11) is -0.478. The van der Waals surface area contributed by atoms with Crippen LogP contribution in [-0.2, 0) is 16.8 Å². The monoisotopic (exact) mass is 323 g/mol. The smallest absolute Gasteiger partial charge is 0.282 e. The third-order valence-electron chi connectivity index (χ3n) is 3.70. The van der Waals surface area contributed by atoms with E-state index in [9.17, 15) is 8.42 Å². The van der Waals surface area contributed by atoms with E-state index in [0.717, 1.165) is 18.4 Å². The van der Waals surface area contributed by atoms with Gasteiger partial charge in [-0.25, -0.2) is 0 Å². The van der Waals surface area contributed by atoms with Crippen molar-refractivity contribution in [3.05, 3.63) is 29.8 Å². The van der Waals surface area contributed by atoms with Gasteiger partial charge in [0.15, 0.2) is 0 Å². The van der Waals surface area contributed by atoms with Crippen molar-refractivity contribution in [2.75, 3.05) is 20.7 Å². The largest absolute Gasteiger partial charge is 0.496 e. The average Bonchev–Trinajstić information content (AvgIpc) is 3.34. The highest BCUT2D eigenvalue weighted by atomic mass is 32.2. The third kappa shape index (κ3) is 3.77. The molecule has 1 aromatic rings. The standard InChI is InChI=1S/C15H21N3O3S/c1-17(11-5-10-16)22(19,20)18(14-8-9-14)12-13-6-3-4-7-15(13)21-2/h3-4,6-7,14H,5,8-9,11-12H2,1-2H3. The Hall–Kier alpha value is -1.62. The van der Waals surface area contributed by atoms with Crippen LogP contribution in [0.3, 0.4) is 0 Å². The maximum Gasteiger partial charge on any atom is 0.282 e. The third-order valence-corrected chi connectivity index (χ3v) is 5.69. The zero-order chi connectivity index (χ0) is 16.2. The first-order valence-corrected chi connectivity index (χ1v) is 8.62. The first kappa shape index (κ1) is 16.7. The van der Waals surface area contributed by atoms with Crippen molar-refractivity contribution in [2.24, 2.45) is 0 Å². The lowest BCUT2D eigenvalue weighted by atomic mass is 10.2. The van der Waals surface area contributed by atoms with Crippen molar-refractivity contribution in [3.8, 4) is 11.8 Å². The summed E-state index contributed by atoms with van der Waals surface area (Å²) in [6, 6.07) is 9.45. The molecule has 0 saturated heterocycles. The van der Waals surface area contributed by atoms with Gasteiger partial charge in [-0.15, -0.1) is 0 Å². The van der Waals surface area contributed by atoms with Gasteiger partial charge in [-0.2, -0.15) is 22.3 Å². The molecule has 22 heavy (non-hydrogen) atoms. The van der Waals surface area contributed by atoms with Crippen molar-refractivity contribution in [1.29, 1.82) is 5.26 Å². The van der Waals surface area contributed by atoms with E-state index in [0.29, 0.717) is 5.75 Å². The molecule has 7 heteroatoms. The van der Waals surface area contributed by atoms with Gasteiger partial charge in [-0.1, -0.05) is 18.2 Å².